The van der Waals surface area contributed by atoms with Crippen LogP contribution in [0.1, 0.15) is 10.5 Å². The first-order chi connectivity index (χ1) is 8.91. The predicted octanol–water partition coefficient (Wildman–Crippen LogP) is 1.99. The number of carbonyl (C=O) groups is 1. The number of aromatic carboxylic acids is 1. The van der Waals surface area contributed by atoms with Crippen molar-refractivity contribution in [3.63, 3.8) is 0 Å². The van der Waals surface area contributed by atoms with Gasteiger partial charge in [0.2, 0.25) is 0 Å². The van der Waals surface area contributed by atoms with Crippen molar-refractivity contribution < 1.29 is 14.3 Å². The highest BCUT2D eigenvalue weighted by Gasteiger charge is 2.18. The molecule has 0 spiro atoms. The fraction of sp³-hybridized carbons (Fsp3) is 0.231. The molecule has 1 aromatic heterocycles. The number of aromatic nitrogens is 2. The molecule has 0 amide bonds. The van der Waals surface area contributed by atoms with E-state index in [4.69, 9.17) is 5.11 Å². The summed E-state index contributed by atoms with van der Waals surface area (Å²) in [6.07, 6.45) is 0. The SMILES string of the molecule is CN(C)c1c(F)cccc1-c1cc(C(=O)O)nn1C. The first kappa shape index (κ1) is 13.1. The Labute approximate surface area is 109 Å². The normalized spacial score (nSPS) is 10.5. The van der Waals surface area contributed by atoms with Crippen molar-refractivity contribution in [1.29, 1.82) is 0 Å². The van der Waals surface area contributed by atoms with Crippen LogP contribution in [0.15, 0.2) is 24.3 Å². The fourth-order valence-electron chi connectivity index (χ4n) is 2.00. The molecule has 2 rings (SSSR count). The molecule has 0 aliphatic carbocycles. The van der Waals surface area contributed by atoms with Gasteiger partial charge in [-0.05, 0) is 12.1 Å². The van der Waals surface area contributed by atoms with Gasteiger partial charge in [-0.2, -0.15) is 5.10 Å². The molecule has 0 atom stereocenters. The van der Waals surface area contributed by atoms with E-state index in [9.17, 15) is 9.18 Å². The van der Waals surface area contributed by atoms with Gasteiger partial charge in [-0.1, -0.05) is 12.1 Å². The molecule has 0 bridgehead atoms. The summed E-state index contributed by atoms with van der Waals surface area (Å²) in [5.74, 6) is -1.47. The van der Waals surface area contributed by atoms with E-state index in [1.807, 2.05) is 0 Å². The lowest BCUT2D eigenvalue weighted by Gasteiger charge is -2.18. The zero-order valence-corrected chi connectivity index (χ0v) is 10.9. The summed E-state index contributed by atoms with van der Waals surface area (Å²) >= 11 is 0. The summed E-state index contributed by atoms with van der Waals surface area (Å²) in [5.41, 5.74) is 1.50. The van der Waals surface area contributed by atoms with Gasteiger partial charge in [0.1, 0.15) is 5.82 Å². The molecule has 5 nitrogen and oxygen atoms in total. The quantitative estimate of drug-likeness (QED) is 0.920. The molecule has 19 heavy (non-hydrogen) atoms. The van der Waals surface area contributed by atoms with Gasteiger partial charge in [-0.25, -0.2) is 9.18 Å². The summed E-state index contributed by atoms with van der Waals surface area (Å²) in [6.45, 7) is 0. The molecule has 0 saturated carbocycles. The molecule has 0 saturated heterocycles. The lowest BCUT2D eigenvalue weighted by molar-refractivity contribution is 0.0689. The third kappa shape index (κ3) is 2.29. The van der Waals surface area contributed by atoms with Crippen molar-refractivity contribution >= 4 is 11.7 Å². The van der Waals surface area contributed by atoms with Crippen LogP contribution in [-0.4, -0.2) is 35.0 Å². The maximum absolute atomic E-state index is 13.9. The second kappa shape index (κ2) is 4.72. The van der Waals surface area contributed by atoms with E-state index in [1.165, 1.54) is 16.8 Å². The van der Waals surface area contributed by atoms with Gasteiger partial charge in [-0.15, -0.1) is 0 Å². The average Bonchev–Trinajstić information content (AvgIpc) is 2.70. The predicted molar refractivity (Wildman–Crippen MR) is 69.9 cm³/mol. The number of anilines is 1. The van der Waals surface area contributed by atoms with Crippen LogP contribution in [0.25, 0.3) is 11.3 Å². The fourth-order valence-corrected chi connectivity index (χ4v) is 2.00. The second-order valence-corrected chi connectivity index (χ2v) is 4.37. The Morgan fingerprint density at radius 3 is 2.63 bits per heavy atom. The number of aryl methyl sites for hydroxylation is 1. The first-order valence-corrected chi connectivity index (χ1v) is 5.65. The third-order valence-electron chi connectivity index (χ3n) is 2.81. The van der Waals surface area contributed by atoms with E-state index in [0.29, 0.717) is 16.9 Å². The van der Waals surface area contributed by atoms with E-state index >= 15 is 0 Å². The molecule has 100 valence electrons. The number of nitrogens with zero attached hydrogens (tertiary/aromatic N) is 3. The van der Waals surface area contributed by atoms with Crippen LogP contribution in [0.4, 0.5) is 10.1 Å². The highest BCUT2D eigenvalue weighted by Crippen LogP contribution is 2.32. The van der Waals surface area contributed by atoms with E-state index < -0.39 is 5.97 Å². The van der Waals surface area contributed by atoms with Crippen molar-refractivity contribution in [2.75, 3.05) is 19.0 Å². The lowest BCUT2D eigenvalue weighted by Crippen LogP contribution is -2.12. The molecule has 2 aromatic rings. The summed E-state index contributed by atoms with van der Waals surface area (Å²) in [5, 5.41) is 12.8. The minimum atomic E-state index is -1.11. The number of hydrogen-bond donors (Lipinski definition) is 1. The monoisotopic (exact) mass is 263 g/mol. The largest absolute Gasteiger partial charge is 0.476 e. The smallest absolute Gasteiger partial charge is 0.356 e. The van der Waals surface area contributed by atoms with Gasteiger partial charge in [0, 0.05) is 26.7 Å². The van der Waals surface area contributed by atoms with Crippen LogP contribution < -0.4 is 4.90 Å². The van der Waals surface area contributed by atoms with E-state index in [1.54, 1.807) is 38.2 Å². The average molecular weight is 263 g/mol. The Kier molecular flexibility index (Phi) is 3.25. The van der Waals surface area contributed by atoms with E-state index in [0.717, 1.165) is 0 Å². The van der Waals surface area contributed by atoms with E-state index in [-0.39, 0.29) is 11.5 Å². The van der Waals surface area contributed by atoms with Crippen LogP contribution in [0, 0.1) is 5.82 Å². The Morgan fingerprint density at radius 1 is 1.42 bits per heavy atom. The Balaban J connectivity index is 2.65. The third-order valence-corrected chi connectivity index (χ3v) is 2.81. The highest BCUT2D eigenvalue weighted by atomic mass is 19.1. The van der Waals surface area contributed by atoms with Crippen LogP contribution in [0.5, 0.6) is 0 Å². The van der Waals surface area contributed by atoms with Gasteiger partial charge < -0.3 is 10.0 Å². The number of carboxylic acid groups (broad SMARTS) is 1. The second-order valence-electron chi connectivity index (χ2n) is 4.37. The van der Waals surface area contributed by atoms with Crippen molar-refractivity contribution in [2.24, 2.45) is 7.05 Å². The minimum absolute atomic E-state index is 0.0635. The maximum atomic E-state index is 13.9. The van der Waals surface area contributed by atoms with Gasteiger partial charge >= 0.3 is 5.97 Å². The summed E-state index contributed by atoms with van der Waals surface area (Å²) in [4.78, 5) is 12.6. The number of hydrogen-bond acceptors (Lipinski definition) is 3. The van der Waals surface area contributed by atoms with Crippen LogP contribution in [-0.2, 0) is 7.05 Å². The molecule has 1 heterocycles. The molecule has 1 aromatic carbocycles. The van der Waals surface area contributed by atoms with Gasteiger partial charge in [0.15, 0.2) is 5.69 Å². The summed E-state index contributed by atoms with van der Waals surface area (Å²) in [7, 11) is 5.10. The Bertz CT molecular complexity index is 635. The topological polar surface area (TPSA) is 58.4 Å². The van der Waals surface area contributed by atoms with E-state index in [2.05, 4.69) is 5.10 Å². The zero-order valence-electron chi connectivity index (χ0n) is 10.9. The highest BCUT2D eigenvalue weighted by molar-refractivity contribution is 5.88. The molecule has 6 heteroatoms. The molecule has 0 aliphatic heterocycles. The zero-order chi connectivity index (χ0) is 14.2. The van der Waals surface area contributed by atoms with Crippen LogP contribution in [0.3, 0.4) is 0 Å². The summed E-state index contributed by atoms with van der Waals surface area (Å²) in [6, 6.07) is 6.13. The molecular weight excluding hydrogens is 249 g/mol. The molecule has 0 radical (unpaired) electrons. The number of benzene rings is 1. The molecular formula is C13H14FN3O2. The van der Waals surface area contributed by atoms with Gasteiger partial charge in [0.25, 0.3) is 0 Å². The van der Waals surface area contributed by atoms with Crippen molar-refractivity contribution in [3.8, 4) is 11.3 Å². The maximum Gasteiger partial charge on any atom is 0.356 e. The number of carboxylic acids is 1. The van der Waals surface area contributed by atoms with Crippen LogP contribution in [0.2, 0.25) is 0 Å². The lowest BCUT2D eigenvalue weighted by atomic mass is 10.1. The molecule has 0 fully saturated rings. The number of rotatable bonds is 3. The summed E-state index contributed by atoms with van der Waals surface area (Å²) < 4.78 is 15.3. The minimum Gasteiger partial charge on any atom is -0.476 e. The first-order valence-electron chi connectivity index (χ1n) is 5.65. The van der Waals surface area contributed by atoms with Crippen molar-refractivity contribution in [3.05, 3.63) is 35.8 Å². The van der Waals surface area contributed by atoms with Crippen molar-refractivity contribution in [1.82, 2.24) is 9.78 Å². The Hall–Kier alpha value is -2.37. The van der Waals surface area contributed by atoms with Crippen LogP contribution >= 0.6 is 0 Å². The molecule has 1 N–H and O–H groups in total. The van der Waals surface area contributed by atoms with Gasteiger partial charge in [0.05, 0.1) is 11.4 Å². The van der Waals surface area contributed by atoms with Crippen molar-refractivity contribution in [2.45, 2.75) is 0 Å². The molecule has 0 unspecified atom stereocenters. The number of para-hydroxylation sites is 1. The van der Waals surface area contributed by atoms with Gasteiger partial charge in [-0.3, -0.25) is 4.68 Å². The standard InChI is InChI=1S/C13H14FN3O2/c1-16(2)12-8(5-4-6-9(12)14)11-7-10(13(18)19)15-17(11)3/h4-7H,1-3H3,(H,18,19). The Morgan fingerprint density at radius 2 is 2.11 bits per heavy atom. The molecule has 0 aliphatic rings. The number of halogens is 1.